The van der Waals surface area contributed by atoms with E-state index >= 15 is 0 Å². The lowest BCUT2D eigenvalue weighted by molar-refractivity contribution is 0.0630. The topological polar surface area (TPSA) is 41.3 Å². The normalized spacial score (nSPS) is 38.5. The van der Waals surface area contributed by atoms with Crippen molar-refractivity contribution in [1.29, 1.82) is 0 Å². The predicted octanol–water partition coefficient (Wildman–Crippen LogP) is 2.13. The van der Waals surface area contributed by atoms with E-state index in [0.717, 1.165) is 6.54 Å². The maximum Gasteiger partial charge on any atom is 0.0478 e. The predicted molar refractivity (Wildman–Crippen MR) is 72.5 cm³/mol. The molecule has 2 aliphatic rings. The molecule has 2 rings (SSSR count). The van der Waals surface area contributed by atoms with Crippen molar-refractivity contribution in [1.82, 2.24) is 10.4 Å². The van der Waals surface area contributed by atoms with Crippen LogP contribution in [0.25, 0.3) is 0 Å². The lowest BCUT2D eigenvalue weighted by Gasteiger charge is -2.41. The summed E-state index contributed by atoms with van der Waals surface area (Å²) in [5.41, 5.74) is 10.5. The Morgan fingerprint density at radius 3 is 2.35 bits per heavy atom. The van der Waals surface area contributed by atoms with Crippen LogP contribution < -0.4 is 11.2 Å². The van der Waals surface area contributed by atoms with Gasteiger partial charge in [-0.3, -0.25) is 0 Å². The average molecular weight is 239 g/mol. The van der Waals surface area contributed by atoms with Gasteiger partial charge in [0.2, 0.25) is 0 Å². The summed E-state index contributed by atoms with van der Waals surface area (Å²) in [6.45, 7) is 10.2. The number of nitrogens with zero attached hydrogens (tertiary/aromatic N) is 1. The van der Waals surface area contributed by atoms with E-state index in [1.807, 2.05) is 0 Å². The zero-order chi connectivity index (χ0) is 12.5. The molecular weight excluding hydrogens is 210 g/mol. The third-order valence-corrected chi connectivity index (χ3v) is 4.70. The minimum absolute atomic E-state index is 0.140. The van der Waals surface area contributed by atoms with Gasteiger partial charge < -0.3 is 5.73 Å². The third kappa shape index (κ3) is 2.83. The molecule has 1 saturated carbocycles. The van der Waals surface area contributed by atoms with Gasteiger partial charge in [-0.05, 0) is 37.0 Å². The largest absolute Gasteiger partial charge is 0.329 e. The Balaban J connectivity index is 2.03. The molecule has 3 nitrogen and oxygen atoms in total. The lowest BCUT2D eigenvalue weighted by atomic mass is 9.87. The molecule has 17 heavy (non-hydrogen) atoms. The minimum atomic E-state index is 0.140. The van der Waals surface area contributed by atoms with Crippen molar-refractivity contribution >= 4 is 0 Å². The zero-order valence-corrected chi connectivity index (χ0v) is 11.8. The molecule has 2 unspecified atom stereocenters. The summed E-state index contributed by atoms with van der Waals surface area (Å²) in [4.78, 5) is 0. The van der Waals surface area contributed by atoms with Crippen LogP contribution in [0.3, 0.4) is 0 Å². The fourth-order valence-corrected chi connectivity index (χ4v) is 3.91. The first-order chi connectivity index (χ1) is 7.97. The monoisotopic (exact) mass is 239 g/mol. The van der Waals surface area contributed by atoms with E-state index in [1.54, 1.807) is 0 Å². The Hall–Kier alpha value is -0.120. The van der Waals surface area contributed by atoms with Crippen LogP contribution in [0, 0.1) is 11.3 Å². The number of rotatable bonds is 3. The first-order valence-corrected chi connectivity index (χ1v) is 7.20. The van der Waals surface area contributed by atoms with Crippen molar-refractivity contribution in [2.45, 2.75) is 58.4 Å². The molecule has 0 radical (unpaired) electrons. The van der Waals surface area contributed by atoms with Crippen LogP contribution in [0.1, 0.15) is 52.9 Å². The molecule has 100 valence electrons. The quantitative estimate of drug-likeness (QED) is 0.793. The zero-order valence-electron chi connectivity index (χ0n) is 11.8. The number of nitrogens with two attached hydrogens (primary N) is 1. The Bertz CT molecular complexity index is 258. The van der Waals surface area contributed by atoms with Crippen LogP contribution in [-0.2, 0) is 0 Å². The van der Waals surface area contributed by atoms with Gasteiger partial charge in [0.25, 0.3) is 0 Å². The summed E-state index contributed by atoms with van der Waals surface area (Å²) < 4.78 is 0. The highest BCUT2D eigenvalue weighted by molar-refractivity contribution is 5.04. The summed E-state index contributed by atoms with van der Waals surface area (Å²) >= 11 is 0. The van der Waals surface area contributed by atoms with E-state index in [2.05, 4.69) is 31.2 Å². The molecule has 2 fully saturated rings. The number of hydrogen-bond donors (Lipinski definition) is 2. The van der Waals surface area contributed by atoms with Gasteiger partial charge in [0.1, 0.15) is 0 Å². The first kappa shape index (κ1) is 13.3. The molecular formula is C14H29N3. The average Bonchev–Trinajstić information content (AvgIpc) is 2.50. The molecule has 0 aromatic carbocycles. The number of nitrogens with one attached hydrogen (secondary N) is 1. The molecule has 2 atom stereocenters. The van der Waals surface area contributed by atoms with Gasteiger partial charge in [0.15, 0.2) is 0 Å². The van der Waals surface area contributed by atoms with E-state index in [-0.39, 0.29) is 5.54 Å². The number of piperidine rings is 1. The van der Waals surface area contributed by atoms with Gasteiger partial charge in [-0.1, -0.05) is 27.2 Å². The highest BCUT2D eigenvalue weighted by Crippen LogP contribution is 2.47. The molecule has 0 aromatic rings. The van der Waals surface area contributed by atoms with Crippen molar-refractivity contribution in [2.24, 2.45) is 17.1 Å². The van der Waals surface area contributed by atoms with E-state index in [0.29, 0.717) is 11.3 Å². The van der Waals surface area contributed by atoms with Crippen molar-refractivity contribution < 1.29 is 0 Å². The second-order valence-corrected chi connectivity index (χ2v) is 6.97. The Kier molecular flexibility index (Phi) is 3.81. The van der Waals surface area contributed by atoms with Gasteiger partial charge in [-0.25, -0.2) is 10.4 Å². The van der Waals surface area contributed by atoms with E-state index in [9.17, 15) is 0 Å². The Labute approximate surface area is 106 Å². The maximum absolute atomic E-state index is 6.11. The Morgan fingerprint density at radius 1 is 1.24 bits per heavy atom. The van der Waals surface area contributed by atoms with Crippen LogP contribution in [0.5, 0.6) is 0 Å². The van der Waals surface area contributed by atoms with Crippen LogP contribution in [0.2, 0.25) is 0 Å². The van der Waals surface area contributed by atoms with Crippen molar-refractivity contribution in [2.75, 3.05) is 19.6 Å². The molecule has 0 aromatic heterocycles. The van der Waals surface area contributed by atoms with Crippen LogP contribution in [0.15, 0.2) is 0 Å². The van der Waals surface area contributed by atoms with Gasteiger partial charge in [-0.15, -0.1) is 0 Å². The van der Waals surface area contributed by atoms with Crippen LogP contribution >= 0.6 is 0 Å². The van der Waals surface area contributed by atoms with Gasteiger partial charge >= 0.3 is 0 Å². The van der Waals surface area contributed by atoms with E-state index in [4.69, 9.17) is 5.73 Å². The van der Waals surface area contributed by atoms with Crippen molar-refractivity contribution in [3.05, 3.63) is 0 Å². The lowest BCUT2D eigenvalue weighted by Crippen LogP contribution is -2.61. The summed E-state index contributed by atoms with van der Waals surface area (Å²) in [7, 11) is 0. The molecule has 1 aliphatic carbocycles. The van der Waals surface area contributed by atoms with E-state index < -0.39 is 0 Å². The van der Waals surface area contributed by atoms with Crippen molar-refractivity contribution in [3.63, 3.8) is 0 Å². The van der Waals surface area contributed by atoms with E-state index in [1.165, 1.54) is 45.2 Å². The molecule has 0 spiro atoms. The molecule has 1 aliphatic heterocycles. The van der Waals surface area contributed by atoms with Gasteiger partial charge in [-0.2, -0.15) is 0 Å². The highest BCUT2D eigenvalue weighted by atomic mass is 15.5. The smallest absolute Gasteiger partial charge is 0.0478 e. The summed E-state index contributed by atoms with van der Waals surface area (Å²) in [6.07, 6.45) is 6.52. The highest BCUT2D eigenvalue weighted by Gasteiger charge is 2.48. The standard InChI is InChI=1S/C14H29N3/c1-12-9-13(2,3)10-14(12,11-15)16-17-7-5-4-6-8-17/h12,16H,4-11,15H2,1-3H3. The molecule has 0 bridgehead atoms. The first-order valence-electron chi connectivity index (χ1n) is 7.20. The second kappa shape index (κ2) is 4.87. The maximum atomic E-state index is 6.11. The number of hydrogen-bond acceptors (Lipinski definition) is 3. The second-order valence-electron chi connectivity index (χ2n) is 6.97. The van der Waals surface area contributed by atoms with Crippen molar-refractivity contribution in [3.8, 4) is 0 Å². The Morgan fingerprint density at radius 2 is 1.88 bits per heavy atom. The van der Waals surface area contributed by atoms with Crippen LogP contribution in [-0.4, -0.2) is 30.2 Å². The fourth-order valence-electron chi connectivity index (χ4n) is 3.91. The molecule has 3 N–H and O–H groups in total. The number of hydrazine groups is 1. The SMILES string of the molecule is CC1CC(C)(C)CC1(CN)NN1CCCCC1. The van der Waals surface area contributed by atoms with Crippen LogP contribution in [0.4, 0.5) is 0 Å². The summed E-state index contributed by atoms with van der Waals surface area (Å²) in [6, 6.07) is 0. The molecule has 1 heterocycles. The molecule has 3 heteroatoms. The summed E-state index contributed by atoms with van der Waals surface area (Å²) in [5, 5.41) is 2.42. The third-order valence-electron chi connectivity index (χ3n) is 4.70. The summed E-state index contributed by atoms with van der Waals surface area (Å²) in [5.74, 6) is 0.671. The fraction of sp³-hybridized carbons (Fsp3) is 1.00. The molecule has 1 saturated heterocycles. The van der Waals surface area contributed by atoms with Gasteiger partial charge in [0, 0.05) is 25.2 Å². The minimum Gasteiger partial charge on any atom is -0.329 e. The molecule has 0 amide bonds. The van der Waals surface area contributed by atoms with Gasteiger partial charge in [0.05, 0.1) is 0 Å².